The normalized spacial score (nSPS) is 14.2. The van der Waals surface area contributed by atoms with E-state index >= 15 is 0 Å². The van der Waals surface area contributed by atoms with Gasteiger partial charge in [0, 0.05) is 43.1 Å². The van der Waals surface area contributed by atoms with Crippen LogP contribution in [-0.4, -0.2) is 0 Å². The van der Waals surface area contributed by atoms with E-state index in [1.165, 1.54) is 0 Å². The van der Waals surface area contributed by atoms with E-state index in [0.29, 0.717) is 45.0 Å². The summed E-state index contributed by atoms with van der Waals surface area (Å²) in [5.41, 5.74) is 5.29. The third-order valence-corrected chi connectivity index (χ3v) is 10.6. The second kappa shape index (κ2) is 20.3. The minimum atomic E-state index is -0.212. The minimum Gasteiger partial charge on any atom is -0.311 e. The third-order valence-electron chi connectivity index (χ3n) is 9.84. The SMILES string of the molecule is [2H]c1c([2H])c(-c2ccc(-c3c([2H])c([2H])c(Br)c([2H])c3[2H])cc2)c([2H])c([2H])c1Br.[2H]c1c([2H])c(N(c2ccccc2)c2ccccc2)c([2H])c([2H])c1-c1ccc(-c2c([2H])c([2H])c(N(c3ccccc3)c3ccccc3)c([2H])c2[2H])cc1. The summed E-state index contributed by atoms with van der Waals surface area (Å²) in [6, 6.07) is 46.9. The third kappa shape index (κ3) is 10.2. The van der Waals surface area contributed by atoms with E-state index < -0.39 is 0 Å². The van der Waals surface area contributed by atoms with Crippen molar-refractivity contribution in [3.8, 4) is 44.5 Å². The molecule has 0 unspecified atom stereocenters. The molecule has 0 fully saturated rings. The molecule has 0 radical (unpaired) electrons. The van der Waals surface area contributed by atoms with Crippen molar-refractivity contribution in [1.82, 2.24) is 0 Å². The zero-order valence-electron chi connectivity index (χ0n) is 49.8. The molecule has 4 heteroatoms. The van der Waals surface area contributed by atoms with E-state index in [1.54, 1.807) is 58.3 Å². The van der Waals surface area contributed by atoms with Crippen LogP contribution in [0.4, 0.5) is 34.1 Å². The molecule has 0 saturated heterocycles. The van der Waals surface area contributed by atoms with Crippen LogP contribution in [0.2, 0.25) is 0 Å². The van der Waals surface area contributed by atoms with Crippen molar-refractivity contribution in [2.24, 2.45) is 0 Å². The first kappa shape index (κ1) is 27.1. The summed E-state index contributed by atoms with van der Waals surface area (Å²) < 4.78 is 137. The molecule has 0 aliphatic heterocycles. The highest BCUT2D eigenvalue weighted by Gasteiger charge is 2.14. The molecular weight excluding hydrogens is 908 g/mol. The van der Waals surface area contributed by atoms with Gasteiger partial charge in [0.25, 0.3) is 0 Å². The van der Waals surface area contributed by atoms with Gasteiger partial charge >= 0.3 is 0 Å². The lowest BCUT2D eigenvalue weighted by Crippen LogP contribution is -2.09. The summed E-state index contributed by atoms with van der Waals surface area (Å²) in [7, 11) is 0. The highest BCUT2D eigenvalue weighted by atomic mass is 79.9. The van der Waals surface area contributed by atoms with Gasteiger partial charge in [0.1, 0.15) is 0 Å². The topological polar surface area (TPSA) is 6.48 Å². The standard InChI is InChI=1S/C42H32N2.C18H12Br2/c1-5-13-37(14-6-1)43(38-15-7-2-8-16-38)41-29-25-35(26-30-41)33-21-23-34(24-22-33)36-27-31-42(32-28-36)44(39-17-9-3-10-18-39)40-19-11-4-12-20-40;19-17-9-5-15(6-10-17)13-1-2-14(4-3-13)16-7-11-18(20)12-8-16/h1-32H;1-12H/i25D,26D,27D,28D,29D,30D,31D,32D;5D,6D,7D,8D,9D,10D,11D,12D. The fraction of sp³-hybridized carbons (Fsp3) is 0. The monoisotopic (exact) mass is 966 g/mol. The van der Waals surface area contributed by atoms with Gasteiger partial charge in [-0.2, -0.15) is 0 Å². The van der Waals surface area contributed by atoms with Crippen molar-refractivity contribution < 1.29 is 21.9 Å². The number of hydrogen-bond acceptors (Lipinski definition) is 2. The molecular formula is C60H44Br2N2. The summed E-state index contributed by atoms with van der Waals surface area (Å²) in [4.78, 5) is 3.44. The number of rotatable bonds is 10. The van der Waals surface area contributed by atoms with Crippen molar-refractivity contribution in [3.05, 3.63) is 275 Å². The molecule has 0 bridgehead atoms. The van der Waals surface area contributed by atoms with Crippen LogP contribution in [0.1, 0.15) is 21.9 Å². The van der Waals surface area contributed by atoms with Crippen LogP contribution >= 0.6 is 31.9 Å². The molecule has 0 aliphatic carbocycles. The van der Waals surface area contributed by atoms with E-state index in [2.05, 4.69) is 31.9 Å². The van der Waals surface area contributed by atoms with Gasteiger partial charge in [0.15, 0.2) is 0 Å². The predicted molar refractivity (Wildman–Crippen MR) is 279 cm³/mol. The summed E-state index contributed by atoms with van der Waals surface area (Å²) in [6.45, 7) is 0. The van der Waals surface area contributed by atoms with Crippen molar-refractivity contribution in [2.75, 3.05) is 9.80 Å². The molecule has 0 atom stereocenters. The van der Waals surface area contributed by atoms with E-state index in [1.807, 2.05) is 121 Å². The Balaban J connectivity index is 0.000000233. The zero-order valence-corrected chi connectivity index (χ0v) is 37.0. The Morgan fingerprint density at radius 1 is 0.219 bits per heavy atom. The zero-order chi connectivity index (χ0) is 57.4. The minimum absolute atomic E-state index is 0.0985. The number of hydrogen-bond donors (Lipinski definition) is 0. The number of para-hydroxylation sites is 4. The Bertz CT molecular complexity index is 3520. The highest BCUT2D eigenvalue weighted by Crippen LogP contribution is 2.38. The van der Waals surface area contributed by atoms with Gasteiger partial charge in [-0.1, -0.05) is 202 Å². The van der Waals surface area contributed by atoms with Crippen LogP contribution in [0, 0.1) is 0 Å². The Morgan fingerprint density at radius 3 is 0.641 bits per heavy atom. The molecule has 0 heterocycles. The van der Waals surface area contributed by atoms with Gasteiger partial charge in [0.2, 0.25) is 0 Å². The first-order valence-electron chi connectivity index (χ1n) is 28.0. The number of benzene rings is 10. The van der Waals surface area contributed by atoms with Gasteiger partial charge in [-0.15, -0.1) is 0 Å². The molecule has 0 aromatic heterocycles. The number of halogens is 2. The van der Waals surface area contributed by atoms with E-state index in [4.69, 9.17) is 21.9 Å². The Labute approximate surface area is 416 Å². The van der Waals surface area contributed by atoms with Crippen LogP contribution in [0.25, 0.3) is 44.5 Å². The summed E-state index contributed by atoms with van der Waals surface area (Å²) in [5, 5.41) is 0. The smallest absolute Gasteiger partial charge is 0.0645 e. The predicted octanol–water partition coefficient (Wildman–Crippen LogP) is 18.5. The Kier molecular flexibility index (Phi) is 8.58. The Hall–Kier alpha value is -7.24. The fourth-order valence-corrected chi connectivity index (χ4v) is 7.13. The maximum atomic E-state index is 9.08. The van der Waals surface area contributed by atoms with Crippen molar-refractivity contribution in [2.45, 2.75) is 0 Å². The largest absolute Gasteiger partial charge is 0.311 e. The lowest BCUT2D eigenvalue weighted by Gasteiger charge is -2.25. The second-order valence-electron chi connectivity index (χ2n) is 14.0. The Morgan fingerprint density at radius 2 is 0.422 bits per heavy atom. The van der Waals surface area contributed by atoms with Crippen LogP contribution in [-0.2, 0) is 0 Å². The van der Waals surface area contributed by atoms with Gasteiger partial charge in [-0.3, -0.25) is 0 Å². The van der Waals surface area contributed by atoms with Gasteiger partial charge in [0.05, 0.1) is 21.9 Å². The molecule has 10 aromatic rings. The van der Waals surface area contributed by atoms with E-state index in [-0.39, 0.29) is 139 Å². The molecule has 308 valence electrons. The average Bonchev–Trinajstić information content (AvgIpc) is 3.48. The van der Waals surface area contributed by atoms with Gasteiger partial charge in [-0.25, -0.2) is 0 Å². The van der Waals surface area contributed by atoms with Crippen molar-refractivity contribution in [3.63, 3.8) is 0 Å². The van der Waals surface area contributed by atoms with E-state index in [0.717, 1.165) is 0 Å². The van der Waals surface area contributed by atoms with Crippen molar-refractivity contribution in [1.29, 1.82) is 0 Å². The van der Waals surface area contributed by atoms with Crippen LogP contribution in [0.3, 0.4) is 0 Å². The quantitative estimate of drug-likeness (QED) is 0.135. The first-order valence-corrected chi connectivity index (χ1v) is 21.6. The number of nitrogens with zero attached hydrogens (tertiary/aromatic N) is 2. The van der Waals surface area contributed by atoms with Crippen LogP contribution < -0.4 is 9.80 Å². The fourth-order valence-electron chi connectivity index (χ4n) is 6.74. The van der Waals surface area contributed by atoms with E-state index in [9.17, 15) is 0 Å². The van der Waals surface area contributed by atoms with Gasteiger partial charge in [-0.05, 0) is 141 Å². The van der Waals surface area contributed by atoms with Gasteiger partial charge < -0.3 is 9.80 Å². The first-order chi connectivity index (χ1) is 38.3. The molecule has 2 nitrogen and oxygen atoms in total. The molecule has 0 amide bonds. The molecule has 0 N–H and O–H groups in total. The molecule has 0 aliphatic rings. The second-order valence-corrected chi connectivity index (χ2v) is 15.6. The number of anilines is 6. The lowest BCUT2D eigenvalue weighted by molar-refractivity contribution is 1.28. The molecule has 0 saturated carbocycles. The van der Waals surface area contributed by atoms with Crippen LogP contribution in [0.15, 0.2) is 275 Å². The maximum absolute atomic E-state index is 9.08. The molecule has 64 heavy (non-hydrogen) atoms. The summed E-state index contributed by atoms with van der Waals surface area (Å²) >= 11 is 6.14. The highest BCUT2D eigenvalue weighted by molar-refractivity contribution is 9.10. The maximum Gasteiger partial charge on any atom is 0.0645 e. The summed E-state index contributed by atoms with van der Waals surface area (Å²) in [6.07, 6.45) is 0. The molecule has 10 rings (SSSR count). The van der Waals surface area contributed by atoms with Crippen LogP contribution in [0.5, 0.6) is 0 Å². The molecule has 0 spiro atoms. The molecule has 10 aromatic carbocycles. The summed E-state index contributed by atoms with van der Waals surface area (Å²) in [5.74, 6) is 0. The van der Waals surface area contributed by atoms with Crippen molar-refractivity contribution >= 4 is 66.0 Å². The average molecular weight is 969 g/mol. The lowest BCUT2D eigenvalue weighted by atomic mass is 9.99.